The molecule has 0 bridgehead atoms. The number of anilines is 1. The molecule has 0 saturated heterocycles. The van der Waals surface area contributed by atoms with Gasteiger partial charge in [-0.15, -0.1) is 0 Å². The molecule has 0 spiro atoms. The van der Waals surface area contributed by atoms with Crippen molar-refractivity contribution in [2.75, 3.05) is 11.9 Å². The van der Waals surface area contributed by atoms with E-state index in [1.165, 1.54) is 16.8 Å². The van der Waals surface area contributed by atoms with Crippen LogP contribution in [0.2, 0.25) is 0 Å². The van der Waals surface area contributed by atoms with Gasteiger partial charge in [-0.3, -0.25) is 4.98 Å². The average molecular weight is 283 g/mol. The van der Waals surface area contributed by atoms with Crippen LogP contribution >= 0.6 is 0 Å². The molecular weight excluding hydrogens is 258 g/mol. The molecule has 0 radical (unpaired) electrons. The minimum absolute atomic E-state index is 0.471. The minimum atomic E-state index is 0.471. The first-order chi connectivity index (χ1) is 10.1. The number of aromatic nitrogens is 1. The Morgan fingerprint density at radius 1 is 1.19 bits per heavy atom. The van der Waals surface area contributed by atoms with Gasteiger partial charge >= 0.3 is 0 Å². The number of benzene rings is 1. The highest BCUT2D eigenvalue weighted by Gasteiger charge is 2.09. The average Bonchev–Trinajstić information content (AvgIpc) is 2.46. The van der Waals surface area contributed by atoms with Crippen LogP contribution in [0.15, 0.2) is 42.6 Å². The van der Waals surface area contributed by atoms with Crippen molar-refractivity contribution in [1.82, 2.24) is 10.3 Å². The van der Waals surface area contributed by atoms with Gasteiger partial charge in [0.05, 0.1) is 0 Å². The molecule has 1 aromatic heterocycles. The standard InChI is InChI=1S/C18H25N3/c1-14(2)19-11-17-12-20-15(3)10-18(17)21(4)13-16-8-6-5-7-9-16/h5-10,12,14,19H,11,13H2,1-4H3. The zero-order valence-electron chi connectivity index (χ0n) is 13.4. The Morgan fingerprint density at radius 3 is 2.57 bits per heavy atom. The van der Waals surface area contributed by atoms with Crippen molar-refractivity contribution in [2.24, 2.45) is 0 Å². The maximum absolute atomic E-state index is 4.44. The summed E-state index contributed by atoms with van der Waals surface area (Å²) in [5.74, 6) is 0. The smallest absolute Gasteiger partial charge is 0.0445 e. The van der Waals surface area contributed by atoms with E-state index >= 15 is 0 Å². The lowest BCUT2D eigenvalue weighted by Crippen LogP contribution is -2.25. The van der Waals surface area contributed by atoms with Gasteiger partial charge in [0, 0.05) is 49.3 Å². The van der Waals surface area contributed by atoms with Crippen molar-refractivity contribution in [3.05, 3.63) is 59.4 Å². The molecular formula is C18H25N3. The highest BCUT2D eigenvalue weighted by Crippen LogP contribution is 2.21. The molecule has 0 aliphatic rings. The maximum Gasteiger partial charge on any atom is 0.0445 e. The van der Waals surface area contributed by atoms with Gasteiger partial charge in [-0.1, -0.05) is 44.2 Å². The van der Waals surface area contributed by atoms with Crippen molar-refractivity contribution in [2.45, 2.75) is 39.9 Å². The Bertz CT molecular complexity index is 564. The third kappa shape index (κ3) is 4.57. The number of nitrogens with one attached hydrogen (secondary N) is 1. The van der Waals surface area contributed by atoms with Gasteiger partial charge in [0.15, 0.2) is 0 Å². The van der Waals surface area contributed by atoms with Gasteiger partial charge in [-0.25, -0.2) is 0 Å². The first kappa shape index (κ1) is 15.5. The van der Waals surface area contributed by atoms with Crippen LogP contribution in [0.5, 0.6) is 0 Å². The van der Waals surface area contributed by atoms with Gasteiger partial charge in [0.1, 0.15) is 0 Å². The summed E-state index contributed by atoms with van der Waals surface area (Å²) in [6.45, 7) is 8.11. The largest absolute Gasteiger partial charge is 0.370 e. The quantitative estimate of drug-likeness (QED) is 0.879. The van der Waals surface area contributed by atoms with Crippen LogP contribution in [0.1, 0.15) is 30.7 Å². The predicted octanol–water partition coefficient (Wildman–Crippen LogP) is 3.52. The SMILES string of the molecule is Cc1cc(N(C)Cc2ccccc2)c(CNC(C)C)cn1. The van der Waals surface area contributed by atoms with Crippen LogP contribution in [0.4, 0.5) is 5.69 Å². The van der Waals surface area contributed by atoms with Crippen LogP contribution in [0.25, 0.3) is 0 Å². The molecule has 0 unspecified atom stereocenters. The van der Waals surface area contributed by atoms with Crippen molar-refractivity contribution < 1.29 is 0 Å². The number of hydrogen-bond donors (Lipinski definition) is 1. The molecule has 1 heterocycles. The lowest BCUT2D eigenvalue weighted by Gasteiger charge is -2.23. The van der Waals surface area contributed by atoms with Gasteiger partial charge < -0.3 is 10.2 Å². The maximum atomic E-state index is 4.44. The summed E-state index contributed by atoms with van der Waals surface area (Å²) in [5.41, 5.74) is 4.86. The molecule has 0 amide bonds. The number of rotatable bonds is 6. The monoisotopic (exact) mass is 283 g/mol. The van der Waals surface area contributed by atoms with Crippen molar-refractivity contribution in [3.63, 3.8) is 0 Å². The Kier molecular flexibility index (Phi) is 5.34. The van der Waals surface area contributed by atoms with Crippen molar-refractivity contribution in [3.8, 4) is 0 Å². The third-order valence-electron chi connectivity index (χ3n) is 3.47. The Balaban J connectivity index is 2.18. The predicted molar refractivity (Wildman–Crippen MR) is 89.5 cm³/mol. The molecule has 1 N–H and O–H groups in total. The van der Waals surface area contributed by atoms with E-state index in [0.29, 0.717) is 6.04 Å². The summed E-state index contributed by atoms with van der Waals surface area (Å²) in [4.78, 5) is 6.73. The number of aryl methyl sites for hydroxylation is 1. The van der Waals surface area contributed by atoms with E-state index in [4.69, 9.17) is 0 Å². The second kappa shape index (κ2) is 7.23. The number of pyridine rings is 1. The lowest BCUT2D eigenvalue weighted by molar-refractivity contribution is 0.587. The van der Waals surface area contributed by atoms with Crippen molar-refractivity contribution in [1.29, 1.82) is 0 Å². The van der Waals surface area contributed by atoms with Crippen LogP contribution in [0.3, 0.4) is 0 Å². The molecule has 21 heavy (non-hydrogen) atoms. The zero-order chi connectivity index (χ0) is 15.2. The van der Waals surface area contributed by atoms with E-state index in [1.807, 2.05) is 13.1 Å². The number of hydrogen-bond acceptors (Lipinski definition) is 3. The molecule has 0 fully saturated rings. The molecule has 3 heteroatoms. The van der Waals surface area contributed by atoms with E-state index < -0.39 is 0 Å². The summed E-state index contributed by atoms with van der Waals surface area (Å²) in [5, 5.41) is 3.47. The zero-order valence-corrected chi connectivity index (χ0v) is 13.4. The van der Waals surface area contributed by atoms with Crippen LogP contribution < -0.4 is 10.2 Å². The molecule has 2 rings (SSSR count). The first-order valence-corrected chi connectivity index (χ1v) is 7.50. The molecule has 0 saturated carbocycles. The molecule has 2 aromatic rings. The van der Waals surface area contributed by atoms with Crippen molar-refractivity contribution >= 4 is 5.69 Å². The fraction of sp³-hybridized carbons (Fsp3) is 0.389. The molecule has 3 nitrogen and oxygen atoms in total. The molecule has 0 aliphatic carbocycles. The summed E-state index contributed by atoms with van der Waals surface area (Å²) in [6.07, 6.45) is 1.99. The second-order valence-electron chi connectivity index (χ2n) is 5.83. The minimum Gasteiger partial charge on any atom is -0.370 e. The van der Waals surface area contributed by atoms with Crippen LogP contribution in [-0.4, -0.2) is 18.1 Å². The fourth-order valence-corrected chi connectivity index (χ4v) is 2.32. The lowest BCUT2D eigenvalue weighted by atomic mass is 10.1. The molecule has 1 aromatic carbocycles. The van der Waals surface area contributed by atoms with E-state index in [0.717, 1.165) is 18.8 Å². The normalized spacial score (nSPS) is 10.9. The van der Waals surface area contributed by atoms with Gasteiger partial charge in [-0.05, 0) is 18.6 Å². The topological polar surface area (TPSA) is 28.2 Å². The summed E-state index contributed by atoms with van der Waals surface area (Å²) in [7, 11) is 2.14. The van der Waals surface area contributed by atoms with E-state index in [1.54, 1.807) is 0 Å². The summed E-state index contributed by atoms with van der Waals surface area (Å²) < 4.78 is 0. The number of nitrogens with zero attached hydrogens (tertiary/aromatic N) is 2. The van der Waals surface area contributed by atoms with E-state index in [2.05, 4.69) is 72.5 Å². The van der Waals surface area contributed by atoms with E-state index in [9.17, 15) is 0 Å². The Hall–Kier alpha value is -1.87. The Labute approximate surface area is 128 Å². The summed E-state index contributed by atoms with van der Waals surface area (Å²) >= 11 is 0. The highest BCUT2D eigenvalue weighted by atomic mass is 15.1. The molecule has 112 valence electrons. The second-order valence-corrected chi connectivity index (χ2v) is 5.83. The van der Waals surface area contributed by atoms with Gasteiger partial charge in [0.2, 0.25) is 0 Å². The van der Waals surface area contributed by atoms with Crippen LogP contribution in [0, 0.1) is 6.92 Å². The third-order valence-corrected chi connectivity index (χ3v) is 3.47. The summed E-state index contributed by atoms with van der Waals surface area (Å²) in [6, 6.07) is 13.2. The highest BCUT2D eigenvalue weighted by molar-refractivity contribution is 5.53. The molecule has 0 aliphatic heterocycles. The fourth-order valence-electron chi connectivity index (χ4n) is 2.32. The van der Waals surface area contributed by atoms with E-state index in [-0.39, 0.29) is 0 Å². The first-order valence-electron chi connectivity index (χ1n) is 7.50. The van der Waals surface area contributed by atoms with Crippen LogP contribution in [-0.2, 0) is 13.1 Å². The Morgan fingerprint density at radius 2 is 1.90 bits per heavy atom. The van der Waals surface area contributed by atoms with Gasteiger partial charge in [-0.2, -0.15) is 0 Å². The van der Waals surface area contributed by atoms with Gasteiger partial charge in [0.25, 0.3) is 0 Å². The molecule has 0 atom stereocenters.